The predicted molar refractivity (Wildman–Crippen MR) is 57.4 cm³/mol. The van der Waals surface area contributed by atoms with Gasteiger partial charge in [0.15, 0.2) is 19.6 Å². The van der Waals surface area contributed by atoms with Crippen LogP contribution in [0.4, 0.5) is 0 Å². The number of carbonyl (C=O) groups excluding carboxylic acids is 1. The van der Waals surface area contributed by atoms with Crippen molar-refractivity contribution >= 4 is 13.8 Å². The molecule has 0 bridgehead atoms. The first kappa shape index (κ1) is 14.4. The van der Waals surface area contributed by atoms with Gasteiger partial charge in [0, 0.05) is 19.0 Å². The Hall–Kier alpha value is -0.640. The maximum absolute atomic E-state index is 11.0. The van der Waals surface area contributed by atoms with Crippen molar-refractivity contribution in [2.75, 3.05) is 13.3 Å². The Bertz CT molecular complexity index is 263. The second kappa shape index (κ2) is 6.77. The summed E-state index contributed by atoms with van der Waals surface area (Å²) in [6.07, 6.45) is -1.13. The quantitative estimate of drug-likeness (QED) is 0.393. The molecule has 0 aromatic rings. The summed E-state index contributed by atoms with van der Waals surface area (Å²) < 4.78 is 15.5. The molecular formula is C9H17O5P. The van der Waals surface area contributed by atoms with E-state index in [2.05, 4.69) is 6.58 Å². The number of hydrogen-bond donors (Lipinski definition) is 2. The van der Waals surface area contributed by atoms with Crippen molar-refractivity contribution in [2.45, 2.75) is 19.4 Å². The van der Waals surface area contributed by atoms with E-state index < -0.39 is 25.7 Å². The summed E-state index contributed by atoms with van der Waals surface area (Å²) in [5.74, 6) is -1.48. The largest absolute Gasteiger partial charge is 0.505 e. The standard InChI is InChI=1S/C9H17O5P/c1-6(5-14-15(3)13)8(11)4-9(12)7(2)10/h6,8,10-11,15H,2,4-5H2,1,3H3/t6-,8+/m1/s1. The topological polar surface area (TPSA) is 83.8 Å². The van der Waals surface area contributed by atoms with E-state index in [1.54, 1.807) is 6.92 Å². The number of Topliss-reactive ketones (excluding diaryl/α,β-unsaturated/α-hetero) is 1. The van der Waals surface area contributed by atoms with Crippen molar-refractivity contribution in [2.24, 2.45) is 5.92 Å². The molecule has 1 unspecified atom stereocenters. The van der Waals surface area contributed by atoms with Crippen LogP contribution in [0, 0.1) is 5.92 Å². The third-order valence-electron chi connectivity index (χ3n) is 1.92. The molecule has 3 atom stereocenters. The van der Waals surface area contributed by atoms with Gasteiger partial charge in [-0.25, -0.2) is 0 Å². The molecule has 0 aliphatic carbocycles. The molecule has 0 amide bonds. The van der Waals surface area contributed by atoms with Gasteiger partial charge in [-0.15, -0.1) is 0 Å². The molecule has 0 aliphatic heterocycles. The fraction of sp³-hybridized carbons (Fsp3) is 0.667. The van der Waals surface area contributed by atoms with Crippen LogP contribution in [0.25, 0.3) is 0 Å². The number of hydrogen-bond acceptors (Lipinski definition) is 5. The van der Waals surface area contributed by atoms with Crippen LogP contribution in [0.3, 0.4) is 0 Å². The summed E-state index contributed by atoms with van der Waals surface area (Å²) in [4.78, 5) is 11.0. The number of aliphatic hydroxyl groups is 2. The van der Waals surface area contributed by atoms with E-state index >= 15 is 0 Å². The smallest absolute Gasteiger partial charge is 0.199 e. The van der Waals surface area contributed by atoms with Crippen LogP contribution in [-0.4, -0.2) is 35.4 Å². The summed E-state index contributed by atoms with van der Waals surface area (Å²) in [5, 5.41) is 18.2. The second-order valence-electron chi connectivity index (χ2n) is 3.42. The Morgan fingerprint density at radius 3 is 2.53 bits per heavy atom. The van der Waals surface area contributed by atoms with Crippen molar-refractivity contribution in [1.29, 1.82) is 0 Å². The van der Waals surface area contributed by atoms with Crippen molar-refractivity contribution in [3.63, 3.8) is 0 Å². The number of allylic oxidation sites excluding steroid dienone is 1. The third-order valence-corrected chi connectivity index (χ3v) is 2.50. The fourth-order valence-corrected chi connectivity index (χ4v) is 1.37. The molecule has 0 aromatic carbocycles. The summed E-state index contributed by atoms with van der Waals surface area (Å²) in [6, 6.07) is 0. The van der Waals surface area contributed by atoms with Crippen LogP contribution in [0.5, 0.6) is 0 Å². The number of carbonyl (C=O) groups is 1. The molecule has 0 saturated carbocycles. The van der Waals surface area contributed by atoms with Gasteiger partial charge in [0.05, 0.1) is 12.7 Å². The van der Waals surface area contributed by atoms with Crippen molar-refractivity contribution < 1.29 is 24.1 Å². The summed E-state index contributed by atoms with van der Waals surface area (Å²) in [7, 11) is -2.02. The Labute approximate surface area is 89.6 Å². The van der Waals surface area contributed by atoms with E-state index in [-0.39, 0.29) is 18.9 Å². The van der Waals surface area contributed by atoms with Gasteiger partial charge in [-0.3, -0.25) is 9.36 Å². The lowest BCUT2D eigenvalue weighted by Crippen LogP contribution is -2.25. The van der Waals surface area contributed by atoms with Crippen molar-refractivity contribution in [3.05, 3.63) is 12.3 Å². The fourth-order valence-electron chi connectivity index (χ4n) is 0.869. The molecule has 0 aliphatic rings. The minimum atomic E-state index is -2.02. The maximum Gasteiger partial charge on any atom is 0.199 e. The molecule has 15 heavy (non-hydrogen) atoms. The van der Waals surface area contributed by atoms with Crippen LogP contribution in [0.15, 0.2) is 12.3 Å². The van der Waals surface area contributed by atoms with Crippen LogP contribution >= 0.6 is 8.03 Å². The zero-order valence-electron chi connectivity index (χ0n) is 8.90. The molecule has 0 rings (SSSR count). The van der Waals surface area contributed by atoms with Gasteiger partial charge >= 0.3 is 0 Å². The van der Waals surface area contributed by atoms with Gasteiger partial charge in [-0.05, 0) is 0 Å². The number of rotatable bonds is 7. The molecule has 0 aromatic heterocycles. The van der Waals surface area contributed by atoms with Crippen LogP contribution < -0.4 is 0 Å². The minimum Gasteiger partial charge on any atom is -0.505 e. The van der Waals surface area contributed by atoms with Gasteiger partial charge in [0.2, 0.25) is 0 Å². The molecule has 2 N–H and O–H groups in total. The number of aliphatic hydroxyl groups excluding tert-OH is 2. The first-order valence-corrected chi connectivity index (χ1v) is 6.38. The van der Waals surface area contributed by atoms with E-state index in [1.807, 2.05) is 0 Å². The zero-order chi connectivity index (χ0) is 12.0. The van der Waals surface area contributed by atoms with Crippen molar-refractivity contribution in [1.82, 2.24) is 0 Å². The van der Waals surface area contributed by atoms with Crippen molar-refractivity contribution in [3.8, 4) is 0 Å². The molecule has 0 fully saturated rings. The monoisotopic (exact) mass is 236 g/mol. The highest BCUT2D eigenvalue weighted by Crippen LogP contribution is 2.19. The first-order valence-electron chi connectivity index (χ1n) is 4.57. The normalized spacial score (nSPS) is 16.7. The van der Waals surface area contributed by atoms with E-state index in [4.69, 9.17) is 9.63 Å². The Morgan fingerprint density at radius 2 is 2.13 bits per heavy atom. The first-order chi connectivity index (χ1) is 6.84. The average Bonchev–Trinajstić information content (AvgIpc) is 2.13. The van der Waals surface area contributed by atoms with Gasteiger partial charge in [-0.2, -0.15) is 0 Å². The van der Waals surface area contributed by atoms with Crippen LogP contribution in [-0.2, 0) is 13.9 Å². The molecular weight excluding hydrogens is 219 g/mol. The second-order valence-corrected chi connectivity index (χ2v) is 4.69. The third kappa shape index (κ3) is 6.44. The van der Waals surface area contributed by atoms with Gasteiger partial charge < -0.3 is 14.7 Å². The molecule has 0 saturated heterocycles. The zero-order valence-corrected chi connectivity index (χ0v) is 9.90. The molecule has 0 spiro atoms. The highest BCUT2D eigenvalue weighted by molar-refractivity contribution is 7.38. The maximum atomic E-state index is 11.0. The SMILES string of the molecule is C=C(O)C(=O)C[C@H](O)[C@H](C)CO[PH](C)=O. The Morgan fingerprint density at radius 1 is 1.60 bits per heavy atom. The lowest BCUT2D eigenvalue weighted by Gasteiger charge is -2.17. The Kier molecular flexibility index (Phi) is 6.48. The van der Waals surface area contributed by atoms with Gasteiger partial charge in [0.25, 0.3) is 0 Å². The van der Waals surface area contributed by atoms with Gasteiger partial charge in [0.1, 0.15) is 0 Å². The molecule has 0 radical (unpaired) electrons. The molecule has 6 heteroatoms. The van der Waals surface area contributed by atoms with E-state index in [0.29, 0.717) is 0 Å². The summed E-state index contributed by atoms with van der Waals surface area (Å²) >= 11 is 0. The van der Waals surface area contributed by atoms with Crippen LogP contribution in [0.1, 0.15) is 13.3 Å². The van der Waals surface area contributed by atoms with E-state index in [0.717, 1.165) is 0 Å². The summed E-state index contributed by atoms with van der Waals surface area (Å²) in [5.41, 5.74) is 0. The highest BCUT2D eigenvalue weighted by atomic mass is 31.1. The molecule has 88 valence electrons. The molecule has 5 nitrogen and oxygen atoms in total. The minimum absolute atomic E-state index is 0.126. The average molecular weight is 236 g/mol. The lowest BCUT2D eigenvalue weighted by atomic mass is 10.0. The lowest BCUT2D eigenvalue weighted by molar-refractivity contribution is -0.120. The van der Waals surface area contributed by atoms with E-state index in [1.165, 1.54) is 6.66 Å². The Balaban J connectivity index is 3.98. The van der Waals surface area contributed by atoms with Gasteiger partial charge in [-0.1, -0.05) is 13.5 Å². The predicted octanol–water partition coefficient (Wildman–Crippen LogP) is 1.14. The van der Waals surface area contributed by atoms with Crippen LogP contribution in [0.2, 0.25) is 0 Å². The molecule has 0 heterocycles. The van der Waals surface area contributed by atoms with E-state index in [9.17, 15) is 14.5 Å². The number of ketones is 1. The summed E-state index contributed by atoms with van der Waals surface area (Å²) in [6.45, 7) is 6.30. The highest BCUT2D eigenvalue weighted by Gasteiger charge is 2.19.